The second kappa shape index (κ2) is 7.55. The van der Waals surface area contributed by atoms with Gasteiger partial charge in [0, 0.05) is 23.1 Å². The number of benzene rings is 1. The topological polar surface area (TPSA) is 73.6 Å². The summed E-state index contributed by atoms with van der Waals surface area (Å²) in [5, 5.41) is 3.13. The van der Waals surface area contributed by atoms with Gasteiger partial charge in [-0.1, -0.05) is 0 Å². The Morgan fingerprint density at radius 3 is 2.76 bits per heavy atom. The molecule has 2 heterocycles. The summed E-state index contributed by atoms with van der Waals surface area (Å²) < 4.78 is 16.1. The van der Waals surface area contributed by atoms with Crippen LogP contribution in [0, 0.1) is 0 Å². The summed E-state index contributed by atoms with van der Waals surface area (Å²) in [4.78, 5) is 13.2. The largest absolute Gasteiger partial charge is 0.497 e. The van der Waals surface area contributed by atoms with Gasteiger partial charge >= 0.3 is 5.63 Å². The molecule has 0 saturated heterocycles. The lowest BCUT2D eigenvalue weighted by Gasteiger charge is -2.18. The van der Waals surface area contributed by atoms with Gasteiger partial charge < -0.3 is 23.8 Å². The zero-order chi connectivity index (χ0) is 17.8. The van der Waals surface area contributed by atoms with E-state index in [0.717, 1.165) is 23.3 Å². The van der Waals surface area contributed by atoms with Gasteiger partial charge in [0.2, 0.25) is 0 Å². The molecule has 132 valence electrons. The Kier molecular flexibility index (Phi) is 5.21. The molecule has 3 aromatic rings. The van der Waals surface area contributed by atoms with Gasteiger partial charge in [0.1, 0.15) is 24.4 Å². The third kappa shape index (κ3) is 3.92. The van der Waals surface area contributed by atoms with Gasteiger partial charge in [-0.3, -0.25) is 0 Å². The van der Waals surface area contributed by atoms with E-state index in [4.69, 9.17) is 13.6 Å². The van der Waals surface area contributed by atoms with E-state index in [1.54, 1.807) is 25.5 Å². The number of quaternary nitrogens is 2. The highest BCUT2D eigenvalue weighted by molar-refractivity contribution is 5.81. The molecule has 0 radical (unpaired) electrons. The molecule has 3 N–H and O–H groups in total. The van der Waals surface area contributed by atoms with Gasteiger partial charge in [0.25, 0.3) is 0 Å². The number of methoxy groups -OCH3 is 1. The lowest BCUT2D eigenvalue weighted by molar-refractivity contribution is -0.911. The molecule has 3 rings (SSSR count). The smallest absolute Gasteiger partial charge is 0.336 e. The van der Waals surface area contributed by atoms with Crippen molar-refractivity contribution in [1.82, 2.24) is 0 Å². The van der Waals surface area contributed by atoms with E-state index in [1.165, 1.54) is 4.90 Å². The molecular formula is C19H24N2O4+2. The number of rotatable bonds is 7. The molecule has 25 heavy (non-hydrogen) atoms. The van der Waals surface area contributed by atoms with Gasteiger partial charge in [0.05, 0.1) is 27.5 Å². The van der Waals surface area contributed by atoms with Crippen LogP contribution in [0.5, 0.6) is 5.75 Å². The third-order valence-corrected chi connectivity index (χ3v) is 4.39. The van der Waals surface area contributed by atoms with E-state index in [1.807, 2.05) is 24.3 Å². The molecular weight excluding hydrogens is 320 g/mol. The Labute approximate surface area is 146 Å². The number of hydrogen-bond acceptors (Lipinski definition) is 4. The van der Waals surface area contributed by atoms with Crippen LogP contribution in [0.15, 0.2) is 56.3 Å². The molecule has 0 aliphatic heterocycles. The Bertz CT molecular complexity index is 884. The van der Waals surface area contributed by atoms with E-state index >= 15 is 0 Å². The summed E-state index contributed by atoms with van der Waals surface area (Å²) >= 11 is 0. The maximum absolute atomic E-state index is 11.9. The van der Waals surface area contributed by atoms with E-state index in [-0.39, 0.29) is 11.7 Å². The summed E-state index contributed by atoms with van der Waals surface area (Å²) in [5.74, 6) is 1.64. The Morgan fingerprint density at radius 2 is 2.08 bits per heavy atom. The number of nitrogens with one attached hydrogen (secondary N) is 1. The van der Waals surface area contributed by atoms with Gasteiger partial charge in [0.15, 0.2) is 11.8 Å². The zero-order valence-electron chi connectivity index (χ0n) is 14.7. The molecule has 1 aromatic carbocycles. The number of hydrogen-bond donors (Lipinski definition) is 2. The molecule has 0 amide bonds. The lowest BCUT2D eigenvalue weighted by Crippen LogP contribution is -3.09. The molecule has 0 spiro atoms. The Balaban J connectivity index is 1.77. The molecule has 0 aliphatic rings. The fraction of sp³-hybridized carbons (Fsp3) is 0.316. The molecule has 6 heteroatoms. The highest BCUT2D eigenvalue weighted by atomic mass is 16.5. The summed E-state index contributed by atoms with van der Waals surface area (Å²) in [6, 6.07) is 11.3. The van der Waals surface area contributed by atoms with Crippen LogP contribution in [-0.4, -0.2) is 27.7 Å². The molecule has 0 fully saturated rings. The maximum Gasteiger partial charge on any atom is 0.336 e. The SMILES string of the molecule is COc1ccc2c(C[NH2+]C[C@H](c3ccco3)[NH+](C)C)cc(=O)oc2c1. The average Bonchev–Trinajstić information content (AvgIpc) is 3.11. The van der Waals surface area contributed by atoms with Crippen LogP contribution >= 0.6 is 0 Å². The number of likely N-dealkylation sites (N-methyl/N-ethyl adjacent to an activating group) is 1. The van der Waals surface area contributed by atoms with Crippen LogP contribution in [0.2, 0.25) is 0 Å². The minimum Gasteiger partial charge on any atom is -0.497 e. The predicted octanol–water partition coefficient (Wildman–Crippen LogP) is 0.344. The minimum absolute atomic E-state index is 0.251. The summed E-state index contributed by atoms with van der Waals surface area (Å²) in [6.45, 7) is 1.55. The molecule has 6 nitrogen and oxygen atoms in total. The quantitative estimate of drug-likeness (QED) is 0.607. The first-order valence-corrected chi connectivity index (χ1v) is 8.34. The standard InChI is InChI=1S/C19H22N2O4/c1-21(2)16(17-5-4-8-24-17)12-20-11-13-9-19(22)25-18-10-14(23-3)6-7-15(13)18/h4-10,16,20H,11-12H2,1-3H3/p+2/t16-/m1/s1. The first kappa shape index (κ1) is 17.3. The summed E-state index contributed by atoms with van der Waals surface area (Å²) in [7, 11) is 5.81. The fourth-order valence-electron chi connectivity index (χ4n) is 3.04. The van der Waals surface area contributed by atoms with Crippen LogP contribution in [0.3, 0.4) is 0 Å². The van der Waals surface area contributed by atoms with Crippen molar-refractivity contribution in [3.63, 3.8) is 0 Å². The van der Waals surface area contributed by atoms with Gasteiger partial charge in [-0.05, 0) is 24.3 Å². The van der Waals surface area contributed by atoms with Crippen molar-refractivity contribution in [2.75, 3.05) is 27.7 Å². The van der Waals surface area contributed by atoms with Gasteiger partial charge in [-0.2, -0.15) is 0 Å². The Morgan fingerprint density at radius 1 is 1.24 bits per heavy atom. The first-order chi connectivity index (χ1) is 12.1. The van der Waals surface area contributed by atoms with E-state index in [2.05, 4.69) is 19.4 Å². The molecule has 1 atom stereocenters. The second-order valence-electron chi connectivity index (χ2n) is 6.33. The van der Waals surface area contributed by atoms with E-state index in [0.29, 0.717) is 17.9 Å². The van der Waals surface area contributed by atoms with E-state index in [9.17, 15) is 4.79 Å². The molecule has 0 unspecified atom stereocenters. The highest BCUT2D eigenvalue weighted by Gasteiger charge is 2.22. The first-order valence-electron chi connectivity index (χ1n) is 8.34. The van der Waals surface area contributed by atoms with Crippen molar-refractivity contribution in [2.45, 2.75) is 12.6 Å². The fourth-order valence-corrected chi connectivity index (χ4v) is 3.04. The molecule has 0 aliphatic carbocycles. The molecule has 0 saturated carbocycles. The normalized spacial score (nSPS) is 12.6. The monoisotopic (exact) mass is 344 g/mol. The number of ether oxygens (including phenoxy) is 1. The van der Waals surface area contributed by atoms with Crippen LogP contribution in [-0.2, 0) is 6.54 Å². The van der Waals surface area contributed by atoms with Gasteiger partial charge in [-0.25, -0.2) is 4.79 Å². The minimum atomic E-state index is -0.343. The number of nitrogens with two attached hydrogens (primary N) is 1. The number of furan rings is 1. The zero-order valence-corrected chi connectivity index (χ0v) is 14.7. The summed E-state index contributed by atoms with van der Waals surface area (Å²) in [6.07, 6.45) is 1.70. The van der Waals surface area contributed by atoms with Crippen molar-refractivity contribution < 1.29 is 23.8 Å². The van der Waals surface area contributed by atoms with Crippen molar-refractivity contribution in [2.24, 2.45) is 0 Å². The summed E-state index contributed by atoms with van der Waals surface area (Å²) in [5.41, 5.74) is 1.17. The van der Waals surface area contributed by atoms with Crippen LogP contribution in [0.4, 0.5) is 0 Å². The van der Waals surface area contributed by atoms with Gasteiger partial charge in [-0.15, -0.1) is 0 Å². The van der Waals surface area contributed by atoms with Crippen LogP contribution in [0.1, 0.15) is 17.4 Å². The van der Waals surface area contributed by atoms with Crippen molar-refractivity contribution in [3.8, 4) is 5.75 Å². The predicted molar refractivity (Wildman–Crippen MR) is 93.8 cm³/mol. The maximum atomic E-state index is 11.9. The molecule has 2 aromatic heterocycles. The lowest BCUT2D eigenvalue weighted by atomic mass is 10.1. The van der Waals surface area contributed by atoms with Crippen molar-refractivity contribution in [1.29, 1.82) is 0 Å². The second-order valence-corrected chi connectivity index (χ2v) is 6.33. The highest BCUT2D eigenvalue weighted by Crippen LogP contribution is 2.22. The van der Waals surface area contributed by atoms with E-state index < -0.39 is 0 Å². The third-order valence-electron chi connectivity index (χ3n) is 4.39. The van der Waals surface area contributed by atoms with Crippen molar-refractivity contribution in [3.05, 3.63) is 64.4 Å². The average molecular weight is 344 g/mol. The Hall–Kier alpha value is -2.57. The van der Waals surface area contributed by atoms with Crippen LogP contribution in [0.25, 0.3) is 11.0 Å². The van der Waals surface area contributed by atoms with Crippen LogP contribution < -0.4 is 20.6 Å². The van der Waals surface area contributed by atoms with Crippen molar-refractivity contribution >= 4 is 11.0 Å². The molecule has 0 bridgehead atoms. The number of fused-ring (bicyclic) bond motifs is 1.